The quantitative estimate of drug-likeness (QED) is 0.796. The Morgan fingerprint density at radius 1 is 1.10 bits per heavy atom. The molecule has 0 aromatic heterocycles. The van der Waals surface area contributed by atoms with E-state index >= 15 is 0 Å². The summed E-state index contributed by atoms with van der Waals surface area (Å²) in [5.74, 6) is 0.273. The lowest BCUT2D eigenvalue weighted by Gasteiger charge is -2.38. The highest BCUT2D eigenvalue weighted by atomic mass is 19.1. The highest BCUT2D eigenvalue weighted by molar-refractivity contribution is 5.42. The zero-order valence-electron chi connectivity index (χ0n) is 11.0. The van der Waals surface area contributed by atoms with E-state index in [0.717, 1.165) is 12.8 Å². The van der Waals surface area contributed by atoms with E-state index in [-0.39, 0.29) is 11.4 Å². The molecule has 2 aromatic carbocycles. The van der Waals surface area contributed by atoms with Gasteiger partial charge in [0.05, 0.1) is 6.10 Å². The Morgan fingerprint density at radius 2 is 1.80 bits per heavy atom. The lowest BCUT2D eigenvalue weighted by atomic mass is 9.86. The van der Waals surface area contributed by atoms with Crippen molar-refractivity contribution in [3.8, 4) is 5.75 Å². The van der Waals surface area contributed by atoms with Crippen LogP contribution in [0.4, 0.5) is 4.39 Å². The first-order valence-electron chi connectivity index (χ1n) is 6.89. The Bertz CT molecular complexity index is 655. The van der Waals surface area contributed by atoms with Crippen LogP contribution in [0.5, 0.6) is 5.75 Å². The van der Waals surface area contributed by atoms with E-state index in [0.29, 0.717) is 17.7 Å². The second-order valence-corrected chi connectivity index (χ2v) is 5.81. The minimum atomic E-state index is -0.663. The Kier molecular flexibility index (Phi) is 2.42. The van der Waals surface area contributed by atoms with Crippen molar-refractivity contribution in [2.24, 2.45) is 0 Å². The van der Waals surface area contributed by atoms with Gasteiger partial charge in [0, 0.05) is 24.8 Å². The van der Waals surface area contributed by atoms with E-state index in [1.54, 1.807) is 6.07 Å². The molecule has 20 heavy (non-hydrogen) atoms. The average molecular weight is 270 g/mol. The minimum absolute atomic E-state index is 0.336. The normalized spacial score (nSPS) is 22.2. The van der Waals surface area contributed by atoms with Gasteiger partial charge in [0.2, 0.25) is 0 Å². The Morgan fingerprint density at radius 3 is 2.50 bits per heavy atom. The summed E-state index contributed by atoms with van der Waals surface area (Å²) in [6, 6.07) is 12.7. The second-order valence-electron chi connectivity index (χ2n) is 5.81. The molecule has 1 N–H and O–H groups in total. The zero-order chi connectivity index (χ0) is 13.7. The van der Waals surface area contributed by atoms with Crippen molar-refractivity contribution in [2.75, 3.05) is 0 Å². The second kappa shape index (κ2) is 4.06. The number of rotatable bonds is 0. The highest BCUT2D eigenvalue weighted by Gasteiger charge is 2.44. The zero-order valence-corrected chi connectivity index (χ0v) is 11.0. The average Bonchev–Trinajstić information content (AvgIpc) is 2.77. The fraction of sp³-hybridized carbons (Fsp3) is 0.294. The van der Waals surface area contributed by atoms with Crippen LogP contribution in [-0.4, -0.2) is 10.7 Å². The molecular formula is C17H15FO2. The van der Waals surface area contributed by atoms with Crippen molar-refractivity contribution >= 4 is 0 Å². The standard InChI is InChI=1S/C17H15FO2/c18-13-5-6-16-14(7-13)15(19)10-17(20-16)8-11-3-1-2-4-12(11)9-17/h1-7,15,19H,8-10H2/t15-/m1/s1. The first-order chi connectivity index (χ1) is 9.65. The molecule has 2 aromatic rings. The molecule has 0 saturated carbocycles. The summed E-state index contributed by atoms with van der Waals surface area (Å²) < 4.78 is 19.4. The van der Waals surface area contributed by atoms with Gasteiger partial charge < -0.3 is 9.84 Å². The molecule has 0 amide bonds. The topological polar surface area (TPSA) is 29.5 Å². The number of fused-ring (bicyclic) bond motifs is 2. The highest BCUT2D eigenvalue weighted by Crippen LogP contribution is 2.46. The van der Waals surface area contributed by atoms with Crippen LogP contribution in [0.15, 0.2) is 42.5 Å². The molecule has 1 spiro atoms. The van der Waals surface area contributed by atoms with E-state index < -0.39 is 6.10 Å². The molecule has 2 nitrogen and oxygen atoms in total. The maximum absolute atomic E-state index is 13.3. The van der Waals surface area contributed by atoms with Crippen LogP contribution in [0, 0.1) is 5.82 Å². The molecule has 1 atom stereocenters. The Balaban J connectivity index is 1.73. The predicted octanol–water partition coefficient (Wildman–Crippen LogP) is 3.18. The van der Waals surface area contributed by atoms with Gasteiger partial charge in [-0.25, -0.2) is 4.39 Å². The molecule has 3 heteroatoms. The van der Waals surface area contributed by atoms with E-state index in [2.05, 4.69) is 12.1 Å². The molecule has 0 fully saturated rings. The van der Waals surface area contributed by atoms with Crippen molar-refractivity contribution in [3.63, 3.8) is 0 Å². The molecule has 0 unspecified atom stereocenters. The largest absolute Gasteiger partial charge is 0.486 e. The van der Waals surface area contributed by atoms with Gasteiger partial charge in [0.25, 0.3) is 0 Å². The van der Waals surface area contributed by atoms with E-state index in [9.17, 15) is 9.50 Å². The van der Waals surface area contributed by atoms with Crippen molar-refractivity contribution < 1.29 is 14.2 Å². The summed E-state index contributed by atoms with van der Waals surface area (Å²) in [5, 5.41) is 10.3. The number of hydrogen-bond donors (Lipinski definition) is 1. The number of hydrogen-bond acceptors (Lipinski definition) is 2. The van der Waals surface area contributed by atoms with Gasteiger partial charge in [-0.2, -0.15) is 0 Å². The van der Waals surface area contributed by atoms with Crippen LogP contribution in [0.3, 0.4) is 0 Å². The predicted molar refractivity (Wildman–Crippen MR) is 73.2 cm³/mol. The molecule has 102 valence electrons. The van der Waals surface area contributed by atoms with Crippen LogP contribution in [0.2, 0.25) is 0 Å². The van der Waals surface area contributed by atoms with Gasteiger partial charge in [0.1, 0.15) is 17.2 Å². The van der Waals surface area contributed by atoms with Gasteiger partial charge in [-0.3, -0.25) is 0 Å². The van der Waals surface area contributed by atoms with Gasteiger partial charge in [-0.15, -0.1) is 0 Å². The third kappa shape index (κ3) is 1.74. The summed E-state index contributed by atoms with van der Waals surface area (Å²) in [6.07, 6.45) is 1.45. The summed E-state index contributed by atoms with van der Waals surface area (Å²) in [5.41, 5.74) is 2.75. The molecule has 0 radical (unpaired) electrons. The number of ether oxygens (including phenoxy) is 1. The first kappa shape index (κ1) is 11.9. The van der Waals surface area contributed by atoms with E-state index in [1.807, 2.05) is 12.1 Å². The third-order valence-corrected chi connectivity index (χ3v) is 4.37. The fourth-order valence-electron chi connectivity index (χ4n) is 3.49. The number of aliphatic hydroxyl groups is 1. The maximum Gasteiger partial charge on any atom is 0.126 e. The van der Waals surface area contributed by atoms with Gasteiger partial charge in [-0.1, -0.05) is 24.3 Å². The van der Waals surface area contributed by atoms with Crippen LogP contribution >= 0.6 is 0 Å². The molecular weight excluding hydrogens is 255 g/mol. The van der Waals surface area contributed by atoms with Crippen molar-refractivity contribution in [2.45, 2.75) is 31.0 Å². The smallest absolute Gasteiger partial charge is 0.126 e. The van der Waals surface area contributed by atoms with Gasteiger partial charge >= 0.3 is 0 Å². The summed E-state index contributed by atoms with van der Waals surface area (Å²) in [7, 11) is 0. The lowest BCUT2D eigenvalue weighted by molar-refractivity contribution is -0.00729. The number of halogens is 1. The lowest BCUT2D eigenvalue weighted by Crippen LogP contribution is -2.42. The van der Waals surface area contributed by atoms with Crippen LogP contribution in [-0.2, 0) is 12.8 Å². The van der Waals surface area contributed by atoms with Crippen molar-refractivity contribution in [3.05, 3.63) is 65.0 Å². The Hall–Kier alpha value is -1.87. The SMILES string of the molecule is O[C@@H]1CC2(Cc3ccccc3C2)Oc2ccc(F)cc21. The molecule has 1 aliphatic carbocycles. The molecule has 0 bridgehead atoms. The van der Waals surface area contributed by atoms with Crippen LogP contribution in [0.25, 0.3) is 0 Å². The minimum Gasteiger partial charge on any atom is -0.486 e. The van der Waals surface area contributed by atoms with E-state index in [1.165, 1.54) is 23.3 Å². The molecule has 2 aliphatic rings. The number of aliphatic hydroxyl groups excluding tert-OH is 1. The fourth-order valence-corrected chi connectivity index (χ4v) is 3.49. The summed E-state index contributed by atoms with van der Waals surface area (Å²) >= 11 is 0. The molecule has 0 saturated heterocycles. The summed E-state index contributed by atoms with van der Waals surface area (Å²) in [6.45, 7) is 0. The van der Waals surface area contributed by atoms with Crippen molar-refractivity contribution in [1.82, 2.24) is 0 Å². The monoisotopic (exact) mass is 270 g/mol. The van der Waals surface area contributed by atoms with Crippen LogP contribution in [0.1, 0.15) is 29.2 Å². The van der Waals surface area contributed by atoms with E-state index in [4.69, 9.17) is 4.74 Å². The first-order valence-corrected chi connectivity index (χ1v) is 6.89. The number of benzene rings is 2. The molecule has 1 aliphatic heterocycles. The molecule has 1 heterocycles. The van der Waals surface area contributed by atoms with Gasteiger partial charge in [-0.05, 0) is 29.3 Å². The maximum atomic E-state index is 13.3. The van der Waals surface area contributed by atoms with Crippen molar-refractivity contribution in [1.29, 1.82) is 0 Å². The Labute approximate surface area is 116 Å². The van der Waals surface area contributed by atoms with Gasteiger partial charge in [0.15, 0.2) is 0 Å². The third-order valence-electron chi connectivity index (χ3n) is 4.37. The molecule has 4 rings (SSSR count). The van der Waals surface area contributed by atoms with Crippen LogP contribution < -0.4 is 4.74 Å². The summed E-state index contributed by atoms with van der Waals surface area (Å²) in [4.78, 5) is 0.